The molecular weight excluding hydrogens is 360 g/mol. The number of amides is 1. The average Bonchev–Trinajstić information content (AvgIpc) is 2.65. The zero-order valence-electron chi connectivity index (χ0n) is 14.1. The lowest BCUT2D eigenvalue weighted by atomic mass is 9.84. The molecule has 26 heavy (non-hydrogen) atoms. The summed E-state index contributed by atoms with van der Waals surface area (Å²) in [5.74, 6) is -2.16. The van der Waals surface area contributed by atoms with Crippen molar-refractivity contribution in [3.05, 3.63) is 35.9 Å². The second-order valence-electron chi connectivity index (χ2n) is 6.22. The number of rotatable bonds is 7. The van der Waals surface area contributed by atoms with Crippen LogP contribution < -0.4 is 10.2 Å². The molecule has 1 aliphatic rings. The van der Waals surface area contributed by atoms with Crippen LogP contribution in [-0.2, 0) is 19.6 Å². The van der Waals surface area contributed by atoms with E-state index in [4.69, 9.17) is 5.21 Å². The molecule has 0 radical (unpaired) electrons. The fraction of sp³-hybridized carbons (Fsp3) is 0.412. The number of carbonyl (C=O) groups is 2. The molecule has 4 N–H and O–H groups in total. The van der Waals surface area contributed by atoms with Crippen LogP contribution in [0.5, 0.6) is 0 Å². The van der Waals surface area contributed by atoms with Crippen LogP contribution in [0.1, 0.15) is 37.7 Å². The van der Waals surface area contributed by atoms with Gasteiger partial charge in [0.25, 0.3) is 5.91 Å². The summed E-state index contributed by atoms with van der Waals surface area (Å²) >= 11 is 0. The van der Waals surface area contributed by atoms with E-state index in [9.17, 15) is 23.1 Å². The summed E-state index contributed by atoms with van der Waals surface area (Å²) in [4.78, 5) is 22.5. The van der Waals surface area contributed by atoms with Gasteiger partial charge in [-0.2, -0.15) is 4.72 Å². The number of carbonyl (C=O) groups excluding carboxylic acids is 1. The van der Waals surface area contributed by atoms with Gasteiger partial charge in [0.1, 0.15) is 6.04 Å². The minimum Gasteiger partial charge on any atom is -0.480 e. The Morgan fingerprint density at radius 2 is 1.88 bits per heavy atom. The van der Waals surface area contributed by atoms with Crippen LogP contribution in [0.25, 0.3) is 6.08 Å². The lowest BCUT2D eigenvalue weighted by molar-refractivity contribution is -0.140. The Labute approximate surface area is 151 Å². The second-order valence-corrected chi connectivity index (χ2v) is 7.93. The molecule has 1 aromatic carbocycles. The Balaban J connectivity index is 2.21. The second kappa shape index (κ2) is 8.93. The lowest BCUT2D eigenvalue weighted by Gasteiger charge is -2.27. The van der Waals surface area contributed by atoms with Crippen molar-refractivity contribution in [3.8, 4) is 0 Å². The van der Waals surface area contributed by atoms with Crippen molar-refractivity contribution in [3.63, 3.8) is 0 Å². The lowest BCUT2D eigenvalue weighted by Crippen LogP contribution is -2.46. The first-order valence-corrected chi connectivity index (χ1v) is 9.79. The van der Waals surface area contributed by atoms with Crippen molar-refractivity contribution in [1.82, 2.24) is 10.2 Å². The number of nitrogens with one attached hydrogen (secondary N) is 2. The molecule has 2 rings (SSSR count). The van der Waals surface area contributed by atoms with E-state index in [1.807, 2.05) is 0 Å². The normalized spacial score (nSPS) is 17.1. The molecule has 1 aromatic rings. The van der Waals surface area contributed by atoms with Crippen molar-refractivity contribution < 1.29 is 28.3 Å². The standard InChI is InChI=1S/C17H22N2O6S/c20-15(18-23)10-9-12-5-4-8-14(11-12)26(24,25)19-16(17(21)22)13-6-2-1-3-7-13/h4-5,8-11,13,16,19,23H,1-3,6-7H2,(H,18,20)(H,21,22)/t16-/m0/s1. The number of hydroxylamine groups is 1. The predicted molar refractivity (Wildman–Crippen MR) is 93.7 cm³/mol. The Morgan fingerprint density at radius 1 is 1.19 bits per heavy atom. The van der Waals surface area contributed by atoms with Gasteiger partial charge in [0.2, 0.25) is 10.0 Å². The minimum absolute atomic E-state index is 0.0916. The molecule has 0 unspecified atom stereocenters. The molecule has 0 spiro atoms. The molecule has 9 heteroatoms. The third-order valence-electron chi connectivity index (χ3n) is 4.38. The summed E-state index contributed by atoms with van der Waals surface area (Å²) in [5.41, 5.74) is 1.85. The molecule has 8 nitrogen and oxygen atoms in total. The van der Waals surface area contributed by atoms with E-state index in [0.29, 0.717) is 18.4 Å². The monoisotopic (exact) mass is 382 g/mol. The van der Waals surface area contributed by atoms with Gasteiger partial charge in [-0.15, -0.1) is 0 Å². The average molecular weight is 382 g/mol. The number of carboxylic acids is 1. The molecule has 1 saturated carbocycles. The van der Waals surface area contributed by atoms with Crippen LogP contribution >= 0.6 is 0 Å². The van der Waals surface area contributed by atoms with Crippen LogP contribution in [-0.4, -0.2) is 36.6 Å². The quantitative estimate of drug-likeness (QED) is 0.321. The van der Waals surface area contributed by atoms with Crippen molar-refractivity contribution in [2.45, 2.75) is 43.0 Å². The first kappa shape index (κ1) is 20.1. The third-order valence-corrected chi connectivity index (χ3v) is 5.81. The molecule has 0 heterocycles. The molecule has 1 amide bonds. The van der Waals surface area contributed by atoms with Crippen molar-refractivity contribution >= 4 is 28.0 Å². The third kappa shape index (κ3) is 5.38. The topological polar surface area (TPSA) is 133 Å². The maximum atomic E-state index is 12.6. The van der Waals surface area contributed by atoms with E-state index in [-0.39, 0.29) is 10.8 Å². The first-order valence-electron chi connectivity index (χ1n) is 8.31. The molecule has 0 bridgehead atoms. The summed E-state index contributed by atoms with van der Waals surface area (Å²) in [7, 11) is -4.04. The summed E-state index contributed by atoms with van der Waals surface area (Å²) in [6.45, 7) is 0. The fourth-order valence-corrected chi connectivity index (χ4v) is 4.36. The molecule has 1 aliphatic carbocycles. The summed E-state index contributed by atoms with van der Waals surface area (Å²) < 4.78 is 27.5. The van der Waals surface area contributed by atoms with Gasteiger partial charge in [-0.25, -0.2) is 13.9 Å². The smallest absolute Gasteiger partial charge is 0.322 e. The zero-order chi connectivity index (χ0) is 19.2. The van der Waals surface area contributed by atoms with Gasteiger partial charge in [0.15, 0.2) is 0 Å². The molecule has 0 aromatic heterocycles. The van der Waals surface area contributed by atoms with Gasteiger partial charge >= 0.3 is 5.97 Å². The molecule has 142 valence electrons. The Kier molecular flexibility index (Phi) is 6.90. The molecule has 1 fully saturated rings. The van der Waals surface area contributed by atoms with Crippen molar-refractivity contribution in [1.29, 1.82) is 0 Å². The Bertz CT molecular complexity index is 784. The number of hydrogen-bond donors (Lipinski definition) is 4. The summed E-state index contributed by atoms with van der Waals surface area (Å²) in [5, 5.41) is 17.9. The Morgan fingerprint density at radius 3 is 2.50 bits per heavy atom. The highest BCUT2D eigenvalue weighted by atomic mass is 32.2. The summed E-state index contributed by atoms with van der Waals surface area (Å²) in [6.07, 6.45) is 6.55. The van der Waals surface area contributed by atoms with Crippen LogP contribution in [0.3, 0.4) is 0 Å². The van der Waals surface area contributed by atoms with Gasteiger partial charge < -0.3 is 5.11 Å². The van der Waals surface area contributed by atoms with E-state index >= 15 is 0 Å². The minimum atomic E-state index is -4.04. The fourth-order valence-electron chi connectivity index (χ4n) is 3.05. The maximum Gasteiger partial charge on any atom is 0.322 e. The van der Waals surface area contributed by atoms with Crippen molar-refractivity contribution in [2.24, 2.45) is 5.92 Å². The largest absolute Gasteiger partial charge is 0.480 e. The zero-order valence-corrected chi connectivity index (χ0v) is 14.9. The summed E-state index contributed by atoms with van der Waals surface area (Å²) in [6, 6.07) is 4.58. The highest BCUT2D eigenvalue weighted by Gasteiger charge is 2.33. The van der Waals surface area contributed by atoms with Gasteiger partial charge in [-0.1, -0.05) is 31.4 Å². The van der Waals surface area contributed by atoms with Gasteiger partial charge in [-0.05, 0) is 42.5 Å². The van der Waals surface area contributed by atoms with E-state index in [1.54, 1.807) is 6.07 Å². The highest BCUT2D eigenvalue weighted by molar-refractivity contribution is 7.89. The predicted octanol–water partition coefficient (Wildman–Crippen LogP) is 1.52. The number of benzene rings is 1. The van der Waals surface area contributed by atoms with Gasteiger partial charge in [-0.3, -0.25) is 14.8 Å². The number of hydrogen-bond acceptors (Lipinski definition) is 5. The van der Waals surface area contributed by atoms with Crippen LogP contribution in [0.2, 0.25) is 0 Å². The van der Waals surface area contributed by atoms with Gasteiger partial charge in [0, 0.05) is 6.08 Å². The van der Waals surface area contributed by atoms with E-state index < -0.39 is 27.9 Å². The van der Waals surface area contributed by atoms with Crippen LogP contribution in [0.4, 0.5) is 0 Å². The van der Waals surface area contributed by atoms with Crippen LogP contribution in [0.15, 0.2) is 35.2 Å². The van der Waals surface area contributed by atoms with E-state index in [1.165, 1.54) is 29.8 Å². The molecule has 1 atom stereocenters. The Hall–Kier alpha value is -2.23. The molecule has 0 saturated heterocycles. The maximum absolute atomic E-state index is 12.6. The highest BCUT2D eigenvalue weighted by Crippen LogP contribution is 2.27. The van der Waals surface area contributed by atoms with Crippen LogP contribution in [0, 0.1) is 5.92 Å². The molecular formula is C17H22N2O6S. The number of carboxylic acid groups (broad SMARTS) is 1. The number of aliphatic carboxylic acids is 1. The number of sulfonamides is 1. The van der Waals surface area contributed by atoms with E-state index in [2.05, 4.69) is 4.72 Å². The van der Waals surface area contributed by atoms with Crippen molar-refractivity contribution in [2.75, 3.05) is 0 Å². The molecule has 0 aliphatic heterocycles. The van der Waals surface area contributed by atoms with E-state index in [0.717, 1.165) is 25.3 Å². The van der Waals surface area contributed by atoms with Gasteiger partial charge in [0.05, 0.1) is 4.90 Å². The SMILES string of the molecule is O=C(C=Cc1cccc(S(=O)(=O)N[C@H](C(=O)O)C2CCCCC2)c1)NO. The first-order chi connectivity index (χ1) is 12.3.